The number of hydrogen-bond acceptors (Lipinski definition) is 5. The number of ketones is 1. The van der Waals surface area contributed by atoms with Gasteiger partial charge in [0, 0.05) is 12.6 Å². The molecule has 0 aliphatic carbocycles. The van der Waals surface area contributed by atoms with Crippen molar-refractivity contribution in [2.24, 2.45) is 7.05 Å². The van der Waals surface area contributed by atoms with Crippen LogP contribution in [0.15, 0.2) is 39.0 Å². The highest BCUT2D eigenvalue weighted by molar-refractivity contribution is 7.99. The molecule has 7 heteroatoms. The molecular weight excluding hydrogens is 278 g/mol. The Bertz CT molecular complexity index is 764. The monoisotopic (exact) mass is 291 g/mol. The first-order chi connectivity index (χ1) is 9.49. The summed E-state index contributed by atoms with van der Waals surface area (Å²) >= 11 is 1.11. The zero-order valence-electron chi connectivity index (χ0n) is 11.0. The Balaban J connectivity index is 2.16. The van der Waals surface area contributed by atoms with Gasteiger partial charge in [0.05, 0.1) is 5.75 Å². The maximum atomic E-state index is 12.1. The molecule has 104 valence electrons. The molecule has 0 saturated carbocycles. The van der Waals surface area contributed by atoms with Crippen LogP contribution in [-0.2, 0) is 7.05 Å². The molecule has 0 bridgehead atoms. The van der Waals surface area contributed by atoms with E-state index < -0.39 is 11.1 Å². The van der Waals surface area contributed by atoms with E-state index >= 15 is 0 Å². The van der Waals surface area contributed by atoms with Gasteiger partial charge in [0.1, 0.15) is 0 Å². The molecule has 1 heterocycles. The number of aromatic amines is 1. The summed E-state index contributed by atoms with van der Waals surface area (Å²) in [6, 6.07) is 7.30. The Morgan fingerprint density at radius 3 is 2.75 bits per heavy atom. The van der Waals surface area contributed by atoms with Gasteiger partial charge in [-0.1, -0.05) is 36.0 Å². The van der Waals surface area contributed by atoms with Crippen molar-refractivity contribution >= 4 is 17.5 Å². The minimum absolute atomic E-state index is 0.0476. The largest absolute Gasteiger partial charge is 0.339 e. The van der Waals surface area contributed by atoms with Crippen LogP contribution in [-0.4, -0.2) is 26.3 Å². The van der Waals surface area contributed by atoms with E-state index in [0.29, 0.717) is 10.7 Å². The van der Waals surface area contributed by atoms with Crippen LogP contribution in [0.4, 0.5) is 0 Å². The number of Topliss-reactive ketones (excluding diaryl/α,β-unsaturated/α-hetero) is 1. The van der Waals surface area contributed by atoms with Crippen molar-refractivity contribution < 1.29 is 4.79 Å². The normalized spacial score (nSPS) is 10.5. The number of H-pyrrole nitrogens is 1. The second kappa shape index (κ2) is 5.87. The molecule has 0 radical (unpaired) electrons. The molecule has 0 aliphatic heterocycles. The SMILES string of the molecule is Cc1ccccc1C(=O)CSc1nc(=O)c(=O)[nH]n1C. The third-order valence-electron chi connectivity index (χ3n) is 2.73. The molecule has 0 unspecified atom stereocenters. The highest BCUT2D eigenvalue weighted by Crippen LogP contribution is 2.16. The van der Waals surface area contributed by atoms with Crippen LogP contribution >= 0.6 is 11.8 Å². The lowest BCUT2D eigenvalue weighted by atomic mass is 10.1. The minimum Gasteiger partial charge on any atom is -0.293 e. The third kappa shape index (κ3) is 3.05. The predicted octanol–water partition coefficient (Wildman–Crippen LogP) is 0.752. The van der Waals surface area contributed by atoms with E-state index in [9.17, 15) is 14.4 Å². The Kier molecular flexibility index (Phi) is 4.19. The van der Waals surface area contributed by atoms with Crippen molar-refractivity contribution in [1.29, 1.82) is 0 Å². The van der Waals surface area contributed by atoms with E-state index in [1.165, 1.54) is 4.68 Å². The molecular formula is C13H13N3O3S. The van der Waals surface area contributed by atoms with Gasteiger partial charge in [0.25, 0.3) is 0 Å². The fourth-order valence-corrected chi connectivity index (χ4v) is 2.49. The Morgan fingerprint density at radius 1 is 1.35 bits per heavy atom. The first kappa shape index (κ1) is 14.3. The Hall–Kier alpha value is -2.15. The van der Waals surface area contributed by atoms with Gasteiger partial charge in [0.15, 0.2) is 10.9 Å². The van der Waals surface area contributed by atoms with Crippen LogP contribution < -0.4 is 11.1 Å². The van der Waals surface area contributed by atoms with Crippen LogP contribution in [0.3, 0.4) is 0 Å². The van der Waals surface area contributed by atoms with Gasteiger partial charge in [-0.25, -0.2) is 0 Å². The summed E-state index contributed by atoms with van der Waals surface area (Å²) in [5, 5.41) is 2.64. The maximum absolute atomic E-state index is 12.1. The zero-order valence-corrected chi connectivity index (χ0v) is 11.9. The van der Waals surface area contributed by atoms with Gasteiger partial charge >= 0.3 is 11.1 Å². The van der Waals surface area contributed by atoms with Gasteiger partial charge in [0.2, 0.25) is 0 Å². The van der Waals surface area contributed by atoms with E-state index in [1.807, 2.05) is 19.1 Å². The van der Waals surface area contributed by atoms with Crippen molar-refractivity contribution in [3.05, 3.63) is 56.1 Å². The van der Waals surface area contributed by atoms with Crippen molar-refractivity contribution in [3.8, 4) is 0 Å². The number of aryl methyl sites for hydroxylation is 2. The third-order valence-corrected chi connectivity index (χ3v) is 3.76. The topological polar surface area (TPSA) is 84.8 Å². The number of benzene rings is 1. The fourth-order valence-electron chi connectivity index (χ4n) is 1.68. The van der Waals surface area contributed by atoms with Crippen LogP contribution in [0.2, 0.25) is 0 Å². The number of carbonyl (C=O) groups is 1. The van der Waals surface area contributed by atoms with Gasteiger partial charge in [-0.05, 0) is 12.5 Å². The molecule has 1 aromatic heterocycles. The van der Waals surface area contributed by atoms with Gasteiger partial charge < -0.3 is 0 Å². The molecule has 1 N–H and O–H groups in total. The molecule has 0 atom stereocenters. The van der Waals surface area contributed by atoms with Crippen LogP contribution in [0, 0.1) is 6.92 Å². The van der Waals surface area contributed by atoms with E-state index in [2.05, 4.69) is 10.1 Å². The van der Waals surface area contributed by atoms with Crippen molar-refractivity contribution in [2.45, 2.75) is 12.1 Å². The quantitative estimate of drug-likeness (QED) is 0.510. The fraction of sp³-hybridized carbons (Fsp3) is 0.231. The Morgan fingerprint density at radius 2 is 2.05 bits per heavy atom. The van der Waals surface area contributed by atoms with Crippen LogP contribution in [0.25, 0.3) is 0 Å². The summed E-state index contributed by atoms with van der Waals surface area (Å²) in [6.07, 6.45) is 0. The second-order valence-electron chi connectivity index (χ2n) is 4.23. The number of nitrogens with zero attached hydrogens (tertiary/aromatic N) is 2. The van der Waals surface area contributed by atoms with Gasteiger partial charge in [-0.15, -0.1) is 0 Å². The summed E-state index contributed by atoms with van der Waals surface area (Å²) in [6.45, 7) is 1.87. The van der Waals surface area contributed by atoms with Crippen LogP contribution in [0.1, 0.15) is 15.9 Å². The summed E-state index contributed by atoms with van der Waals surface area (Å²) < 4.78 is 1.33. The molecule has 0 fully saturated rings. The van der Waals surface area contributed by atoms with Gasteiger partial charge in [-0.2, -0.15) is 4.98 Å². The average Bonchev–Trinajstić information content (AvgIpc) is 2.41. The zero-order chi connectivity index (χ0) is 14.7. The lowest BCUT2D eigenvalue weighted by molar-refractivity contribution is 0.102. The average molecular weight is 291 g/mol. The molecule has 1 aromatic carbocycles. The lowest BCUT2D eigenvalue weighted by Crippen LogP contribution is -2.34. The smallest absolute Gasteiger partial charge is 0.293 e. The number of nitrogens with one attached hydrogen (secondary N) is 1. The summed E-state index contributed by atoms with van der Waals surface area (Å²) in [5.74, 6) is 0.102. The predicted molar refractivity (Wildman–Crippen MR) is 76.3 cm³/mol. The number of rotatable bonds is 4. The number of hydrogen-bond donors (Lipinski definition) is 1. The highest BCUT2D eigenvalue weighted by Gasteiger charge is 2.11. The summed E-state index contributed by atoms with van der Waals surface area (Å²) in [4.78, 5) is 38.0. The first-order valence-electron chi connectivity index (χ1n) is 5.88. The molecule has 20 heavy (non-hydrogen) atoms. The maximum Gasteiger partial charge on any atom is 0.339 e. The summed E-state index contributed by atoms with van der Waals surface area (Å²) in [5.41, 5.74) is -0.0770. The second-order valence-corrected chi connectivity index (χ2v) is 5.17. The summed E-state index contributed by atoms with van der Waals surface area (Å²) in [7, 11) is 1.56. The molecule has 2 aromatic rings. The van der Waals surface area contributed by atoms with Crippen molar-refractivity contribution in [1.82, 2.24) is 14.8 Å². The van der Waals surface area contributed by atoms with Gasteiger partial charge in [-0.3, -0.25) is 24.2 Å². The Labute approximate surface area is 118 Å². The molecule has 0 aliphatic rings. The molecule has 2 rings (SSSR count). The van der Waals surface area contributed by atoms with Crippen LogP contribution in [0.5, 0.6) is 0 Å². The first-order valence-corrected chi connectivity index (χ1v) is 6.86. The van der Waals surface area contributed by atoms with E-state index in [4.69, 9.17) is 0 Å². The number of aromatic nitrogens is 3. The molecule has 0 spiro atoms. The molecule has 6 nitrogen and oxygen atoms in total. The highest BCUT2D eigenvalue weighted by atomic mass is 32.2. The number of thioether (sulfide) groups is 1. The number of carbonyl (C=O) groups excluding carboxylic acids is 1. The standard InChI is InChI=1S/C13H13N3O3S/c1-8-5-3-4-6-9(8)10(17)7-20-13-14-11(18)12(19)15-16(13)2/h3-6H,7H2,1-2H3,(H,15,19). The van der Waals surface area contributed by atoms with Crippen molar-refractivity contribution in [3.63, 3.8) is 0 Å². The molecule has 0 amide bonds. The van der Waals surface area contributed by atoms with E-state index in [1.54, 1.807) is 19.2 Å². The lowest BCUT2D eigenvalue weighted by Gasteiger charge is -2.06. The molecule has 0 saturated heterocycles. The minimum atomic E-state index is -0.853. The van der Waals surface area contributed by atoms with E-state index in [-0.39, 0.29) is 11.5 Å². The van der Waals surface area contributed by atoms with E-state index in [0.717, 1.165) is 17.3 Å². The van der Waals surface area contributed by atoms with Crippen molar-refractivity contribution in [2.75, 3.05) is 5.75 Å².